The predicted molar refractivity (Wildman–Crippen MR) is 66.3 cm³/mol. The summed E-state index contributed by atoms with van der Waals surface area (Å²) in [6.45, 7) is 6.08. The molecule has 1 aliphatic rings. The monoisotopic (exact) mass is 213 g/mol. The van der Waals surface area contributed by atoms with Crippen LogP contribution in [0.5, 0.6) is 0 Å². The van der Waals surface area contributed by atoms with E-state index in [0.29, 0.717) is 0 Å². The third-order valence-corrected chi connectivity index (χ3v) is 3.23. The summed E-state index contributed by atoms with van der Waals surface area (Å²) < 4.78 is 0. The average Bonchev–Trinajstić information content (AvgIpc) is 2.23. The van der Waals surface area contributed by atoms with E-state index in [9.17, 15) is 0 Å². The Labute approximate surface area is 94.6 Å². The summed E-state index contributed by atoms with van der Waals surface area (Å²) in [5.41, 5.74) is 0. The van der Waals surface area contributed by atoms with Crippen LogP contribution in [0.15, 0.2) is 0 Å². The lowest BCUT2D eigenvalue weighted by Gasteiger charge is -2.29. The van der Waals surface area contributed by atoms with Crippen molar-refractivity contribution in [3.8, 4) is 0 Å². The first-order valence-electron chi connectivity index (χ1n) is 6.37. The fourth-order valence-electron chi connectivity index (χ4n) is 2.33. The van der Waals surface area contributed by atoms with Gasteiger partial charge in [-0.2, -0.15) is 0 Å². The summed E-state index contributed by atoms with van der Waals surface area (Å²) in [4.78, 5) is 2.47. The summed E-state index contributed by atoms with van der Waals surface area (Å²) in [6, 6.07) is 0. The van der Waals surface area contributed by atoms with E-state index in [4.69, 9.17) is 0 Å². The molecule has 1 fully saturated rings. The molecule has 0 aromatic carbocycles. The lowest BCUT2D eigenvalue weighted by atomic mass is 9.95. The third kappa shape index (κ3) is 6.13. The van der Waals surface area contributed by atoms with Gasteiger partial charge in [0.2, 0.25) is 0 Å². The van der Waals surface area contributed by atoms with Gasteiger partial charge in [-0.05, 0) is 71.9 Å². The Hall–Kier alpha value is -0.120. The van der Waals surface area contributed by atoms with Crippen molar-refractivity contribution in [2.45, 2.75) is 25.7 Å². The fraction of sp³-hybridized carbons (Fsp3) is 1.00. The molecular weight excluding hydrogens is 186 g/mol. The van der Waals surface area contributed by atoms with Crippen molar-refractivity contribution in [3.05, 3.63) is 0 Å². The molecule has 1 unspecified atom stereocenters. The van der Waals surface area contributed by atoms with Crippen molar-refractivity contribution in [2.24, 2.45) is 5.92 Å². The van der Waals surface area contributed by atoms with Crippen molar-refractivity contribution in [2.75, 3.05) is 46.8 Å². The van der Waals surface area contributed by atoms with E-state index in [1.54, 1.807) is 0 Å². The lowest BCUT2D eigenvalue weighted by Crippen LogP contribution is -2.33. The number of hydrogen-bond donors (Lipinski definition) is 2. The molecule has 0 aliphatic carbocycles. The molecule has 1 rings (SSSR count). The normalized spacial score (nSPS) is 23.2. The second-order valence-electron chi connectivity index (χ2n) is 4.77. The van der Waals surface area contributed by atoms with Crippen LogP contribution in [0.1, 0.15) is 25.7 Å². The molecule has 0 amide bonds. The van der Waals surface area contributed by atoms with Crippen LogP contribution in [0, 0.1) is 5.92 Å². The van der Waals surface area contributed by atoms with Gasteiger partial charge in [-0.3, -0.25) is 0 Å². The Kier molecular flexibility index (Phi) is 6.98. The predicted octanol–water partition coefficient (Wildman–Crippen LogP) is 0.917. The molecule has 1 heterocycles. The number of nitrogens with zero attached hydrogens (tertiary/aromatic N) is 1. The first-order chi connectivity index (χ1) is 7.33. The van der Waals surface area contributed by atoms with Crippen LogP contribution in [-0.2, 0) is 0 Å². The minimum atomic E-state index is 0.931. The van der Waals surface area contributed by atoms with Crippen LogP contribution < -0.4 is 10.6 Å². The van der Waals surface area contributed by atoms with E-state index in [1.807, 2.05) is 7.05 Å². The number of piperidine rings is 1. The van der Waals surface area contributed by atoms with Gasteiger partial charge in [0.1, 0.15) is 0 Å². The molecule has 3 nitrogen and oxygen atoms in total. The van der Waals surface area contributed by atoms with Gasteiger partial charge in [0.15, 0.2) is 0 Å². The standard InChI is InChI=1S/C12H27N3/c1-13-7-4-8-14-9-6-12-5-3-10-15(2)11-12/h12-14H,3-11H2,1-2H3. The van der Waals surface area contributed by atoms with Crippen LogP contribution in [-0.4, -0.2) is 51.7 Å². The summed E-state index contributed by atoms with van der Waals surface area (Å²) in [5, 5.41) is 6.69. The van der Waals surface area contributed by atoms with Gasteiger partial charge in [-0.15, -0.1) is 0 Å². The highest BCUT2D eigenvalue weighted by atomic mass is 15.1. The van der Waals surface area contributed by atoms with Crippen molar-refractivity contribution >= 4 is 0 Å². The van der Waals surface area contributed by atoms with E-state index in [2.05, 4.69) is 22.6 Å². The zero-order valence-electron chi connectivity index (χ0n) is 10.4. The molecule has 0 spiro atoms. The largest absolute Gasteiger partial charge is 0.320 e. The molecule has 0 bridgehead atoms. The van der Waals surface area contributed by atoms with Crippen molar-refractivity contribution < 1.29 is 0 Å². The van der Waals surface area contributed by atoms with Crippen LogP contribution in [0.25, 0.3) is 0 Å². The first-order valence-corrected chi connectivity index (χ1v) is 6.37. The maximum Gasteiger partial charge on any atom is 0.000709 e. The van der Waals surface area contributed by atoms with Gasteiger partial charge in [0.05, 0.1) is 0 Å². The van der Waals surface area contributed by atoms with Crippen LogP contribution >= 0.6 is 0 Å². The number of likely N-dealkylation sites (tertiary alicyclic amines) is 1. The highest BCUT2D eigenvalue weighted by Gasteiger charge is 2.15. The molecular formula is C12H27N3. The lowest BCUT2D eigenvalue weighted by molar-refractivity contribution is 0.201. The van der Waals surface area contributed by atoms with Crippen molar-refractivity contribution in [1.82, 2.24) is 15.5 Å². The average molecular weight is 213 g/mol. The van der Waals surface area contributed by atoms with Crippen LogP contribution in [0.2, 0.25) is 0 Å². The van der Waals surface area contributed by atoms with Gasteiger partial charge < -0.3 is 15.5 Å². The quantitative estimate of drug-likeness (QED) is 0.616. The summed E-state index contributed by atoms with van der Waals surface area (Å²) in [6.07, 6.45) is 5.41. The smallest absolute Gasteiger partial charge is 0.000709 e. The van der Waals surface area contributed by atoms with E-state index < -0.39 is 0 Å². The highest BCUT2D eigenvalue weighted by molar-refractivity contribution is 4.71. The molecule has 15 heavy (non-hydrogen) atoms. The molecule has 1 saturated heterocycles. The molecule has 90 valence electrons. The molecule has 3 heteroatoms. The van der Waals surface area contributed by atoms with Gasteiger partial charge in [-0.25, -0.2) is 0 Å². The Morgan fingerprint density at radius 1 is 1.27 bits per heavy atom. The Bertz CT molecular complexity index is 150. The summed E-state index contributed by atoms with van der Waals surface area (Å²) >= 11 is 0. The van der Waals surface area contributed by atoms with E-state index >= 15 is 0 Å². The number of hydrogen-bond acceptors (Lipinski definition) is 3. The Morgan fingerprint density at radius 2 is 2.13 bits per heavy atom. The van der Waals surface area contributed by atoms with Gasteiger partial charge in [0.25, 0.3) is 0 Å². The molecule has 1 atom stereocenters. The maximum atomic E-state index is 3.52. The summed E-state index contributed by atoms with van der Waals surface area (Å²) in [5.74, 6) is 0.931. The van der Waals surface area contributed by atoms with Gasteiger partial charge >= 0.3 is 0 Å². The minimum Gasteiger partial charge on any atom is -0.320 e. The minimum absolute atomic E-state index is 0.931. The maximum absolute atomic E-state index is 3.52. The van der Waals surface area contributed by atoms with Gasteiger partial charge in [0, 0.05) is 6.54 Å². The fourth-order valence-corrected chi connectivity index (χ4v) is 2.33. The SMILES string of the molecule is CNCCCNCCC1CCCN(C)C1. The molecule has 0 aromatic rings. The molecule has 0 radical (unpaired) electrons. The molecule has 2 N–H and O–H groups in total. The number of rotatable bonds is 7. The van der Waals surface area contributed by atoms with Gasteiger partial charge in [-0.1, -0.05) is 0 Å². The van der Waals surface area contributed by atoms with Crippen molar-refractivity contribution in [3.63, 3.8) is 0 Å². The van der Waals surface area contributed by atoms with E-state index in [0.717, 1.165) is 19.0 Å². The van der Waals surface area contributed by atoms with E-state index in [1.165, 1.54) is 45.3 Å². The second kappa shape index (κ2) is 8.08. The second-order valence-corrected chi connectivity index (χ2v) is 4.77. The van der Waals surface area contributed by atoms with E-state index in [-0.39, 0.29) is 0 Å². The Morgan fingerprint density at radius 3 is 2.87 bits per heavy atom. The van der Waals surface area contributed by atoms with Crippen LogP contribution in [0.4, 0.5) is 0 Å². The summed E-state index contributed by atoms with van der Waals surface area (Å²) in [7, 11) is 4.25. The molecule has 0 aromatic heterocycles. The third-order valence-electron chi connectivity index (χ3n) is 3.23. The number of nitrogens with one attached hydrogen (secondary N) is 2. The topological polar surface area (TPSA) is 27.3 Å². The Balaban J connectivity index is 1.90. The zero-order valence-corrected chi connectivity index (χ0v) is 10.4. The molecule has 0 saturated carbocycles. The van der Waals surface area contributed by atoms with Crippen molar-refractivity contribution in [1.29, 1.82) is 0 Å². The van der Waals surface area contributed by atoms with Crippen LogP contribution in [0.3, 0.4) is 0 Å². The molecule has 1 aliphatic heterocycles. The zero-order chi connectivity index (χ0) is 10.9. The highest BCUT2D eigenvalue weighted by Crippen LogP contribution is 2.17. The first kappa shape index (κ1) is 12.9.